The molecule has 0 radical (unpaired) electrons. The molecule has 0 unspecified atom stereocenters. The van der Waals surface area contributed by atoms with Crippen molar-refractivity contribution in [3.63, 3.8) is 0 Å². The Morgan fingerprint density at radius 2 is 1.44 bits per heavy atom. The van der Waals surface area contributed by atoms with Gasteiger partial charge in [0, 0.05) is 7.60 Å². The van der Waals surface area contributed by atoms with Crippen LogP contribution in [0.1, 0.15) is 0 Å². The van der Waals surface area contributed by atoms with Gasteiger partial charge in [-0.25, -0.2) is 0 Å². The molecule has 0 aromatic rings. The minimum absolute atomic E-state index is 0. The second-order valence-corrected chi connectivity index (χ2v) is 2.27. The molecular weight excluding hydrogens is 167 g/mol. The summed E-state index contributed by atoms with van der Waals surface area (Å²) in [6.07, 6.45) is 0. The van der Waals surface area contributed by atoms with Gasteiger partial charge in [0.15, 0.2) is 0 Å². The van der Waals surface area contributed by atoms with E-state index >= 15 is 0 Å². The molecular formula is CH2NNa2O4P. The van der Waals surface area contributed by atoms with Crippen LogP contribution in [0, 0.1) is 0 Å². The summed E-state index contributed by atoms with van der Waals surface area (Å²) in [5.41, 5.74) is 2.23. The molecule has 0 aromatic heterocycles. The summed E-state index contributed by atoms with van der Waals surface area (Å²) in [6.45, 7) is 0. The SMILES string of the molecule is NC(=O)P(=O)([O-])[O-].[Na+].[Na+]. The van der Waals surface area contributed by atoms with Gasteiger partial charge in [-0.05, 0) is 0 Å². The average Bonchev–Trinajstić information content (AvgIpc) is 1.31. The van der Waals surface area contributed by atoms with Crippen LogP contribution < -0.4 is 74.6 Å². The molecule has 0 aromatic carbocycles. The molecule has 0 rings (SSSR count). The minimum atomic E-state index is -5.10. The van der Waals surface area contributed by atoms with Gasteiger partial charge in [-0.15, -0.1) is 0 Å². The van der Waals surface area contributed by atoms with Crippen LogP contribution in [0.15, 0.2) is 0 Å². The molecule has 5 nitrogen and oxygen atoms in total. The zero-order valence-electron chi connectivity index (χ0n) is 5.16. The second-order valence-electron chi connectivity index (χ2n) is 0.836. The predicted molar refractivity (Wildman–Crippen MR) is 17.2 cm³/mol. The third-order valence-electron chi connectivity index (χ3n) is 0.270. The van der Waals surface area contributed by atoms with Gasteiger partial charge in [-0.1, -0.05) is 0 Å². The first-order valence-corrected chi connectivity index (χ1v) is 2.81. The Morgan fingerprint density at radius 3 is 1.44 bits per heavy atom. The molecule has 8 heteroatoms. The smallest absolute Gasteiger partial charge is 0.804 e. The normalized spacial score (nSPS) is 8.67. The summed E-state index contributed by atoms with van der Waals surface area (Å²) in [5.74, 6) is 0. The van der Waals surface area contributed by atoms with Crippen molar-refractivity contribution in [1.29, 1.82) is 0 Å². The molecule has 0 saturated heterocycles. The van der Waals surface area contributed by atoms with Crippen molar-refractivity contribution >= 4 is 13.2 Å². The van der Waals surface area contributed by atoms with Crippen LogP contribution in [0.4, 0.5) is 4.79 Å². The van der Waals surface area contributed by atoms with Crippen LogP contribution in [0.25, 0.3) is 0 Å². The number of carbonyl (C=O) groups is 1. The molecule has 1 amide bonds. The molecule has 0 saturated carbocycles. The monoisotopic (exact) mass is 169 g/mol. The minimum Gasteiger partial charge on any atom is -0.804 e. The number of hydrogen-bond donors (Lipinski definition) is 1. The van der Waals surface area contributed by atoms with E-state index in [1.165, 1.54) is 0 Å². The molecule has 0 bridgehead atoms. The van der Waals surface area contributed by atoms with Gasteiger partial charge in [-0.3, -0.25) is 4.79 Å². The van der Waals surface area contributed by atoms with Gasteiger partial charge < -0.3 is 20.1 Å². The number of hydrogen-bond acceptors (Lipinski definition) is 4. The molecule has 0 heterocycles. The maximum atomic E-state index is 9.35. The van der Waals surface area contributed by atoms with Crippen molar-refractivity contribution in [1.82, 2.24) is 0 Å². The van der Waals surface area contributed by atoms with E-state index < -0.39 is 13.2 Å². The molecule has 2 N–H and O–H groups in total. The molecule has 0 aliphatic heterocycles. The fourth-order valence-electron chi connectivity index (χ4n) is 0. The van der Waals surface area contributed by atoms with Gasteiger partial charge in [0.2, 0.25) is 5.65 Å². The number of amides is 1. The average molecular weight is 169 g/mol. The van der Waals surface area contributed by atoms with Crippen LogP contribution in [0.2, 0.25) is 0 Å². The zero-order valence-corrected chi connectivity index (χ0v) is 10.1. The molecule has 42 valence electrons. The zero-order chi connectivity index (χ0) is 6.08. The van der Waals surface area contributed by atoms with E-state index in [0.717, 1.165) is 0 Å². The first-order chi connectivity index (χ1) is 2.94. The van der Waals surface area contributed by atoms with E-state index in [0.29, 0.717) is 0 Å². The summed E-state index contributed by atoms with van der Waals surface area (Å²) < 4.78 is 9.33. The Balaban J connectivity index is -0.000000180. The molecule has 0 atom stereocenters. The van der Waals surface area contributed by atoms with E-state index in [9.17, 15) is 19.1 Å². The van der Waals surface area contributed by atoms with Crippen molar-refractivity contribution in [3.05, 3.63) is 0 Å². The number of primary amides is 1. The van der Waals surface area contributed by atoms with E-state index in [1.54, 1.807) is 0 Å². The summed E-state index contributed by atoms with van der Waals surface area (Å²) in [5, 5.41) is 0. The van der Waals surface area contributed by atoms with Gasteiger partial charge >= 0.3 is 59.1 Å². The van der Waals surface area contributed by atoms with Gasteiger partial charge in [0.1, 0.15) is 0 Å². The van der Waals surface area contributed by atoms with Gasteiger partial charge in [-0.2, -0.15) is 0 Å². The predicted octanol–water partition coefficient (Wildman–Crippen LogP) is -8.01. The summed E-state index contributed by atoms with van der Waals surface area (Å²) in [6, 6.07) is 0. The van der Waals surface area contributed by atoms with Gasteiger partial charge in [0.05, 0.1) is 0 Å². The maximum Gasteiger partial charge on any atom is 1.00 e. The summed E-state index contributed by atoms with van der Waals surface area (Å²) >= 11 is 0. The molecule has 0 aliphatic rings. The van der Waals surface area contributed by atoms with Crippen molar-refractivity contribution in [3.8, 4) is 0 Å². The van der Waals surface area contributed by atoms with Crippen molar-refractivity contribution in [2.45, 2.75) is 0 Å². The summed E-state index contributed by atoms with van der Waals surface area (Å²) in [4.78, 5) is 28.0. The Kier molecular flexibility index (Phi) is 11.9. The standard InChI is InChI=1S/CH4NO4P.2Na/c2-1(3)7(4,5)6;;/h(H2,2,3)(H2,4,5,6);;/q;2*+1/p-2. The fourth-order valence-corrected chi connectivity index (χ4v) is 0. The first-order valence-electron chi connectivity index (χ1n) is 1.26. The Labute approximate surface area is 96.1 Å². The molecule has 9 heavy (non-hydrogen) atoms. The quantitative estimate of drug-likeness (QED) is 0.310. The third kappa shape index (κ3) is 9.62. The number of carbonyl (C=O) groups excluding carboxylic acids is 1. The Bertz CT molecular complexity index is 131. The van der Waals surface area contributed by atoms with Crippen LogP contribution >= 0.6 is 7.60 Å². The molecule has 0 aliphatic carbocycles. The Hall–Kier alpha value is 1.62. The van der Waals surface area contributed by atoms with E-state index in [2.05, 4.69) is 5.73 Å². The van der Waals surface area contributed by atoms with Crippen molar-refractivity contribution in [2.24, 2.45) is 5.73 Å². The Morgan fingerprint density at radius 1 is 1.33 bits per heavy atom. The summed E-state index contributed by atoms with van der Waals surface area (Å²) in [7, 11) is -5.10. The van der Waals surface area contributed by atoms with Crippen molar-refractivity contribution < 1.29 is 78.3 Å². The van der Waals surface area contributed by atoms with Crippen LogP contribution in [0.3, 0.4) is 0 Å². The maximum absolute atomic E-state index is 9.35. The van der Waals surface area contributed by atoms with E-state index in [1.807, 2.05) is 0 Å². The van der Waals surface area contributed by atoms with Crippen LogP contribution in [0.5, 0.6) is 0 Å². The van der Waals surface area contributed by atoms with Gasteiger partial charge in [0.25, 0.3) is 0 Å². The van der Waals surface area contributed by atoms with Crippen molar-refractivity contribution in [2.75, 3.05) is 0 Å². The number of rotatable bonds is 1. The fraction of sp³-hybridized carbons (Fsp3) is 0. The second kappa shape index (κ2) is 6.34. The largest absolute Gasteiger partial charge is 1.00 e. The van der Waals surface area contributed by atoms with Crippen LogP contribution in [-0.4, -0.2) is 5.65 Å². The topological polar surface area (TPSA) is 106 Å². The third-order valence-corrected chi connectivity index (χ3v) is 0.810. The van der Waals surface area contributed by atoms with Crippen LogP contribution in [-0.2, 0) is 4.57 Å². The molecule has 0 spiro atoms. The number of nitrogens with two attached hydrogens (primary N) is 1. The van der Waals surface area contributed by atoms with E-state index in [-0.39, 0.29) is 59.1 Å². The first kappa shape index (κ1) is 16.9. The van der Waals surface area contributed by atoms with E-state index in [4.69, 9.17) is 0 Å². The molecule has 0 fully saturated rings.